The average Bonchev–Trinajstić information content (AvgIpc) is 2.67. The summed E-state index contributed by atoms with van der Waals surface area (Å²) in [7, 11) is 0. The molecule has 5 unspecified atom stereocenters. The van der Waals surface area contributed by atoms with Crippen molar-refractivity contribution in [3.8, 4) is 0 Å². The van der Waals surface area contributed by atoms with Crippen molar-refractivity contribution in [2.75, 3.05) is 26.2 Å². The van der Waals surface area contributed by atoms with Crippen LogP contribution in [0.25, 0.3) is 0 Å². The van der Waals surface area contributed by atoms with Crippen LogP contribution in [0, 0.1) is 11.8 Å². The number of rotatable bonds is 5. The lowest BCUT2D eigenvalue weighted by molar-refractivity contribution is 0.0572. The number of β-amino-alcohol motifs (C(OH)–C–C–N with tert-alkyl or cyclic N) is 2. The third-order valence-electron chi connectivity index (χ3n) is 4.73. The molecule has 0 amide bonds. The number of hydrogen-bond acceptors (Lipinski definition) is 4. The molecule has 1 saturated heterocycles. The van der Waals surface area contributed by atoms with Crippen LogP contribution in [0.2, 0.25) is 0 Å². The second kappa shape index (κ2) is 7.02. The van der Waals surface area contributed by atoms with Crippen molar-refractivity contribution in [3.63, 3.8) is 0 Å². The fourth-order valence-corrected chi connectivity index (χ4v) is 3.63. The molecule has 0 spiro atoms. The van der Waals surface area contributed by atoms with Gasteiger partial charge in [0.2, 0.25) is 0 Å². The first kappa shape index (κ1) is 15.2. The molecule has 1 aliphatic heterocycles. The topological polar surface area (TPSA) is 55.7 Å². The molecule has 1 aliphatic carbocycles. The molecule has 4 nitrogen and oxygen atoms in total. The van der Waals surface area contributed by atoms with E-state index in [1.807, 2.05) is 0 Å². The van der Waals surface area contributed by atoms with E-state index in [-0.39, 0.29) is 0 Å². The predicted molar refractivity (Wildman–Crippen MR) is 77.0 cm³/mol. The minimum atomic E-state index is -0.553. The summed E-state index contributed by atoms with van der Waals surface area (Å²) < 4.78 is 0. The molecule has 2 aliphatic rings. The van der Waals surface area contributed by atoms with Crippen LogP contribution < -0.4 is 5.32 Å². The van der Waals surface area contributed by atoms with Crippen molar-refractivity contribution in [2.45, 2.75) is 57.8 Å². The third kappa shape index (κ3) is 4.15. The third-order valence-corrected chi connectivity index (χ3v) is 4.73. The van der Waals surface area contributed by atoms with Gasteiger partial charge in [-0.05, 0) is 44.1 Å². The van der Waals surface area contributed by atoms with E-state index in [0.29, 0.717) is 25.0 Å². The van der Waals surface area contributed by atoms with Crippen LogP contribution in [0.1, 0.15) is 39.5 Å². The number of nitrogens with zero attached hydrogens (tertiary/aromatic N) is 1. The van der Waals surface area contributed by atoms with Gasteiger partial charge in [0.25, 0.3) is 0 Å². The van der Waals surface area contributed by atoms with E-state index in [4.69, 9.17) is 0 Å². The lowest BCUT2D eigenvalue weighted by atomic mass is 9.78. The minimum Gasteiger partial charge on any atom is -0.389 e. The second-order valence-corrected chi connectivity index (χ2v) is 6.59. The molecule has 0 aromatic heterocycles. The van der Waals surface area contributed by atoms with Crippen LogP contribution in [0.15, 0.2) is 0 Å². The molecule has 1 saturated carbocycles. The molecule has 2 fully saturated rings. The molecule has 5 atom stereocenters. The van der Waals surface area contributed by atoms with Gasteiger partial charge in [-0.2, -0.15) is 0 Å². The number of likely N-dealkylation sites (tertiary alicyclic amines) is 1. The van der Waals surface area contributed by atoms with Gasteiger partial charge < -0.3 is 15.5 Å². The first-order valence-electron chi connectivity index (χ1n) is 7.92. The molecular weight excluding hydrogens is 240 g/mol. The smallest absolute Gasteiger partial charge is 0.0938 e. The van der Waals surface area contributed by atoms with Gasteiger partial charge in [-0.25, -0.2) is 0 Å². The minimum absolute atomic E-state index is 0.553. The first-order chi connectivity index (χ1) is 9.10. The zero-order chi connectivity index (χ0) is 13.8. The Morgan fingerprint density at radius 3 is 2.47 bits per heavy atom. The normalized spacial score (nSPS) is 40.7. The Balaban J connectivity index is 1.86. The quantitative estimate of drug-likeness (QED) is 0.692. The Kier molecular flexibility index (Phi) is 5.63. The van der Waals surface area contributed by atoms with Crippen LogP contribution >= 0.6 is 0 Å². The number of nitrogens with one attached hydrogen (secondary N) is 1. The van der Waals surface area contributed by atoms with E-state index in [1.54, 1.807) is 0 Å². The molecule has 0 aromatic rings. The van der Waals surface area contributed by atoms with Crippen molar-refractivity contribution in [1.29, 1.82) is 0 Å². The van der Waals surface area contributed by atoms with Crippen molar-refractivity contribution >= 4 is 0 Å². The molecule has 112 valence electrons. The Morgan fingerprint density at radius 1 is 1.16 bits per heavy atom. The lowest BCUT2D eigenvalue weighted by Crippen LogP contribution is -2.45. The van der Waals surface area contributed by atoms with Gasteiger partial charge >= 0.3 is 0 Å². The van der Waals surface area contributed by atoms with Crippen LogP contribution in [0.4, 0.5) is 0 Å². The first-order valence-corrected chi connectivity index (χ1v) is 7.92. The molecule has 0 aromatic carbocycles. The summed E-state index contributed by atoms with van der Waals surface area (Å²) >= 11 is 0. The maximum absolute atomic E-state index is 9.65. The average molecular weight is 270 g/mol. The van der Waals surface area contributed by atoms with E-state index in [1.165, 1.54) is 25.7 Å². The van der Waals surface area contributed by atoms with E-state index < -0.39 is 12.2 Å². The number of aliphatic hydroxyl groups is 2. The number of hydrogen-bond donors (Lipinski definition) is 3. The van der Waals surface area contributed by atoms with Crippen LogP contribution in [0.5, 0.6) is 0 Å². The van der Waals surface area contributed by atoms with Gasteiger partial charge in [0.15, 0.2) is 0 Å². The standard InChI is InChI=1S/C15H30N2O2/c1-3-6-16-13-5-4-11(2)7-12(13)8-17-9-14(18)15(19)10-17/h11-16,18-19H,3-10H2,1-2H3. The molecule has 3 N–H and O–H groups in total. The molecule has 1 heterocycles. The Labute approximate surface area is 117 Å². The monoisotopic (exact) mass is 270 g/mol. The van der Waals surface area contributed by atoms with Crippen molar-refractivity contribution in [2.24, 2.45) is 11.8 Å². The molecule has 0 radical (unpaired) electrons. The largest absolute Gasteiger partial charge is 0.389 e. The fourth-order valence-electron chi connectivity index (χ4n) is 3.63. The molecule has 2 rings (SSSR count). The van der Waals surface area contributed by atoms with Gasteiger partial charge in [0.1, 0.15) is 0 Å². The highest BCUT2D eigenvalue weighted by Gasteiger charge is 2.34. The van der Waals surface area contributed by atoms with Crippen LogP contribution in [0.3, 0.4) is 0 Å². The summed E-state index contributed by atoms with van der Waals surface area (Å²) in [5, 5.41) is 23.0. The number of aliphatic hydroxyl groups excluding tert-OH is 2. The maximum atomic E-state index is 9.65. The summed E-state index contributed by atoms with van der Waals surface area (Å²) in [4.78, 5) is 2.23. The van der Waals surface area contributed by atoms with Gasteiger partial charge in [0, 0.05) is 25.7 Å². The van der Waals surface area contributed by atoms with Crippen molar-refractivity contribution < 1.29 is 10.2 Å². The summed E-state index contributed by atoms with van der Waals surface area (Å²) in [5.41, 5.74) is 0. The van der Waals surface area contributed by atoms with Gasteiger partial charge in [-0.1, -0.05) is 13.8 Å². The Morgan fingerprint density at radius 2 is 1.84 bits per heavy atom. The Bertz CT molecular complexity index is 263. The van der Waals surface area contributed by atoms with Gasteiger partial charge in [-0.15, -0.1) is 0 Å². The highest BCUT2D eigenvalue weighted by atomic mass is 16.3. The summed E-state index contributed by atoms with van der Waals surface area (Å²) in [6.07, 6.45) is 3.93. The van der Waals surface area contributed by atoms with E-state index >= 15 is 0 Å². The lowest BCUT2D eigenvalue weighted by Gasteiger charge is -2.37. The van der Waals surface area contributed by atoms with Crippen molar-refractivity contribution in [3.05, 3.63) is 0 Å². The summed E-state index contributed by atoms with van der Waals surface area (Å²) in [5.74, 6) is 1.47. The Hall–Kier alpha value is -0.160. The molecule has 19 heavy (non-hydrogen) atoms. The maximum Gasteiger partial charge on any atom is 0.0938 e. The van der Waals surface area contributed by atoms with Crippen LogP contribution in [-0.2, 0) is 0 Å². The SMILES string of the molecule is CCCNC1CCC(C)CC1CN1CC(O)C(O)C1. The zero-order valence-electron chi connectivity index (χ0n) is 12.4. The molecular formula is C15H30N2O2. The van der Waals surface area contributed by atoms with E-state index in [0.717, 1.165) is 19.0 Å². The van der Waals surface area contributed by atoms with Crippen LogP contribution in [-0.4, -0.2) is 59.5 Å². The van der Waals surface area contributed by atoms with E-state index in [9.17, 15) is 10.2 Å². The summed E-state index contributed by atoms with van der Waals surface area (Å²) in [6, 6.07) is 0.617. The molecule has 0 bridgehead atoms. The van der Waals surface area contributed by atoms with Crippen molar-refractivity contribution in [1.82, 2.24) is 10.2 Å². The highest BCUT2D eigenvalue weighted by Crippen LogP contribution is 2.30. The zero-order valence-corrected chi connectivity index (χ0v) is 12.4. The summed E-state index contributed by atoms with van der Waals surface area (Å²) in [6.45, 7) is 7.93. The van der Waals surface area contributed by atoms with Gasteiger partial charge in [-0.3, -0.25) is 4.90 Å². The fraction of sp³-hybridized carbons (Fsp3) is 1.00. The second-order valence-electron chi connectivity index (χ2n) is 6.59. The van der Waals surface area contributed by atoms with Gasteiger partial charge in [0.05, 0.1) is 12.2 Å². The highest BCUT2D eigenvalue weighted by molar-refractivity contribution is 4.89. The predicted octanol–water partition coefficient (Wildman–Crippen LogP) is 0.828. The van der Waals surface area contributed by atoms with E-state index in [2.05, 4.69) is 24.1 Å². The molecule has 4 heteroatoms.